The van der Waals surface area contributed by atoms with Crippen molar-refractivity contribution in [3.05, 3.63) is 58.1 Å². The molecule has 0 bridgehead atoms. The zero-order valence-electron chi connectivity index (χ0n) is 11.0. The van der Waals surface area contributed by atoms with Gasteiger partial charge in [0.25, 0.3) is 0 Å². The molecule has 3 rings (SSSR count). The molecule has 0 aliphatic rings. The average Bonchev–Trinajstić information content (AvgIpc) is 2.93. The average molecular weight is 325 g/mol. The molecular formula is C15H11ClF2N2S. The normalized spacial score (nSPS) is 12.6. The van der Waals surface area contributed by atoms with Crippen molar-refractivity contribution in [1.82, 2.24) is 4.98 Å². The number of benzene rings is 2. The first kappa shape index (κ1) is 14.2. The highest BCUT2D eigenvalue weighted by atomic mass is 35.5. The van der Waals surface area contributed by atoms with Crippen molar-refractivity contribution in [3.63, 3.8) is 0 Å². The summed E-state index contributed by atoms with van der Waals surface area (Å²) >= 11 is 7.73. The van der Waals surface area contributed by atoms with E-state index < -0.39 is 11.6 Å². The van der Waals surface area contributed by atoms with Crippen LogP contribution < -0.4 is 5.32 Å². The highest BCUT2D eigenvalue weighted by molar-refractivity contribution is 7.16. The number of thiazole rings is 1. The summed E-state index contributed by atoms with van der Waals surface area (Å²) in [5, 5.41) is 3.77. The Balaban J connectivity index is 1.95. The van der Waals surface area contributed by atoms with Crippen LogP contribution in [-0.4, -0.2) is 4.98 Å². The summed E-state index contributed by atoms with van der Waals surface area (Å²) in [6.45, 7) is 1.86. The summed E-state index contributed by atoms with van der Waals surface area (Å²) in [4.78, 5) is 4.30. The largest absolute Gasteiger partial charge is 0.376 e. The van der Waals surface area contributed by atoms with E-state index in [1.165, 1.54) is 17.4 Å². The van der Waals surface area contributed by atoms with Gasteiger partial charge in [0.2, 0.25) is 0 Å². The molecule has 1 unspecified atom stereocenters. The Morgan fingerprint density at radius 1 is 1.19 bits per heavy atom. The first-order chi connectivity index (χ1) is 10.1. The van der Waals surface area contributed by atoms with Gasteiger partial charge in [-0.15, -0.1) is 11.3 Å². The Kier molecular flexibility index (Phi) is 3.78. The van der Waals surface area contributed by atoms with E-state index in [1.807, 2.05) is 13.0 Å². The molecular weight excluding hydrogens is 314 g/mol. The molecule has 0 saturated heterocycles. The fourth-order valence-corrected chi connectivity index (χ4v) is 3.02. The minimum absolute atomic E-state index is 0.232. The molecule has 0 aliphatic heterocycles. The fourth-order valence-electron chi connectivity index (χ4n) is 2.13. The monoisotopic (exact) mass is 324 g/mol. The minimum atomic E-state index is -0.862. The SMILES string of the molecule is CC(Nc1c(Cl)ccc2scnc12)c1ccc(F)c(F)c1. The minimum Gasteiger partial charge on any atom is -0.376 e. The van der Waals surface area contributed by atoms with Gasteiger partial charge in [-0.25, -0.2) is 13.8 Å². The number of hydrogen-bond donors (Lipinski definition) is 1. The highest BCUT2D eigenvalue weighted by Crippen LogP contribution is 2.34. The maximum absolute atomic E-state index is 13.3. The van der Waals surface area contributed by atoms with Crippen molar-refractivity contribution in [2.24, 2.45) is 0 Å². The van der Waals surface area contributed by atoms with Gasteiger partial charge < -0.3 is 5.32 Å². The molecule has 1 atom stereocenters. The Labute approximate surface area is 129 Å². The van der Waals surface area contributed by atoms with Crippen LogP contribution in [0.5, 0.6) is 0 Å². The van der Waals surface area contributed by atoms with Gasteiger partial charge in [0, 0.05) is 6.04 Å². The van der Waals surface area contributed by atoms with Gasteiger partial charge in [-0.3, -0.25) is 0 Å². The van der Waals surface area contributed by atoms with Crippen LogP contribution in [0.1, 0.15) is 18.5 Å². The van der Waals surface area contributed by atoms with Gasteiger partial charge in [0.1, 0.15) is 5.52 Å². The number of nitrogens with zero attached hydrogens (tertiary/aromatic N) is 1. The standard InChI is InChI=1S/C15H11ClF2N2S/c1-8(9-2-4-11(17)12(18)6-9)20-14-10(16)3-5-13-15(14)19-7-21-13/h2-8,20H,1H3. The van der Waals surface area contributed by atoms with E-state index in [0.717, 1.165) is 16.3 Å². The molecule has 0 radical (unpaired) electrons. The molecule has 0 saturated carbocycles. The van der Waals surface area contributed by atoms with E-state index in [2.05, 4.69) is 10.3 Å². The van der Waals surface area contributed by atoms with Gasteiger partial charge >= 0.3 is 0 Å². The second-order valence-corrected chi connectivity index (χ2v) is 5.95. The van der Waals surface area contributed by atoms with E-state index in [9.17, 15) is 8.78 Å². The van der Waals surface area contributed by atoms with E-state index in [4.69, 9.17) is 11.6 Å². The molecule has 0 spiro atoms. The second kappa shape index (κ2) is 5.58. The van der Waals surface area contributed by atoms with Gasteiger partial charge in [0.05, 0.1) is 20.9 Å². The molecule has 21 heavy (non-hydrogen) atoms. The summed E-state index contributed by atoms with van der Waals surface area (Å²) in [6, 6.07) is 7.32. The van der Waals surface area contributed by atoms with E-state index in [0.29, 0.717) is 16.3 Å². The summed E-state index contributed by atoms with van der Waals surface area (Å²) in [5.74, 6) is -1.72. The van der Waals surface area contributed by atoms with Crippen molar-refractivity contribution in [1.29, 1.82) is 0 Å². The van der Waals surface area contributed by atoms with E-state index in [-0.39, 0.29) is 6.04 Å². The lowest BCUT2D eigenvalue weighted by molar-refractivity contribution is 0.506. The first-order valence-electron chi connectivity index (χ1n) is 6.29. The number of nitrogens with one attached hydrogen (secondary N) is 1. The number of aromatic nitrogens is 1. The summed E-state index contributed by atoms with van der Waals surface area (Å²) in [6.07, 6.45) is 0. The quantitative estimate of drug-likeness (QED) is 0.697. The Morgan fingerprint density at radius 2 is 2.00 bits per heavy atom. The molecule has 1 N–H and O–H groups in total. The zero-order valence-corrected chi connectivity index (χ0v) is 12.6. The van der Waals surface area contributed by atoms with Crippen molar-refractivity contribution < 1.29 is 8.78 Å². The third-order valence-electron chi connectivity index (χ3n) is 3.26. The number of halogens is 3. The number of hydrogen-bond acceptors (Lipinski definition) is 3. The Morgan fingerprint density at radius 3 is 2.76 bits per heavy atom. The van der Waals surface area contributed by atoms with Gasteiger partial charge in [-0.05, 0) is 36.8 Å². The van der Waals surface area contributed by atoms with Crippen LogP contribution in [0.2, 0.25) is 5.02 Å². The van der Waals surface area contributed by atoms with Crippen LogP contribution in [-0.2, 0) is 0 Å². The lowest BCUT2D eigenvalue weighted by Gasteiger charge is -2.17. The molecule has 0 fully saturated rings. The second-order valence-electron chi connectivity index (χ2n) is 4.66. The highest BCUT2D eigenvalue weighted by Gasteiger charge is 2.14. The molecule has 6 heteroatoms. The van der Waals surface area contributed by atoms with E-state index >= 15 is 0 Å². The van der Waals surface area contributed by atoms with Crippen LogP contribution in [0.4, 0.5) is 14.5 Å². The summed E-state index contributed by atoms with van der Waals surface area (Å²) < 4.78 is 27.3. The number of rotatable bonds is 3. The molecule has 2 nitrogen and oxygen atoms in total. The lowest BCUT2D eigenvalue weighted by atomic mass is 10.1. The van der Waals surface area contributed by atoms with E-state index in [1.54, 1.807) is 17.6 Å². The number of anilines is 1. The van der Waals surface area contributed by atoms with Crippen molar-refractivity contribution >= 4 is 38.8 Å². The summed E-state index contributed by atoms with van der Waals surface area (Å²) in [7, 11) is 0. The number of fused-ring (bicyclic) bond motifs is 1. The van der Waals surface area contributed by atoms with Crippen molar-refractivity contribution in [2.75, 3.05) is 5.32 Å². The van der Waals surface area contributed by atoms with Crippen molar-refractivity contribution in [3.8, 4) is 0 Å². The molecule has 3 aromatic rings. The van der Waals surface area contributed by atoms with Gasteiger partial charge in [-0.1, -0.05) is 17.7 Å². The summed E-state index contributed by atoms with van der Waals surface area (Å²) in [5.41, 5.74) is 3.86. The molecule has 1 aromatic heterocycles. The molecule has 0 amide bonds. The predicted octanol–water partition coefficient (Wildman–Crippen LogP) is 5.40. The molecule has 1 heterocycles. The fraction of sp³-hybridized carbons (Fsp3) is 0.133. The molecule has 0 aliphatic carbocycles. The maximum Gasteiger partial charge on any atom is 0.159 e. The van der Waals surface area contributed by atoms with Crippen LogP contribution in [0.25, 0.3) is 10.2 Å². The van der Waals surface area contributed by atoms with Crippen LogP contribution in [0, 0.1) is 11.6 Å². The topological polar surface area (TPSA) is 24.9 Å². The third-order valence-corrected chi connectivity index (χ3v) is 4.37. The maximum atomic E-state index is 13.3. The van der Waals surface area contributed by atoms with Crippen molar-refractivity contribution in [2.45, 2.75) is 13.0 Å². The first-order valence-corrected chi connectivity index (χ1v) is 7.55. The molecule has 108 valence electrons. The molecule has 2 aromatic carbocycles. The van der Waals surface area contributed by atoms with Gasteiger partial charge in [-0.2, -0.15) is 0 Å². The third kappa shape index (κ3) is 2.71. The van der Waals surface area contributed by atoms with Crippen LogP contribution in [0.3, 0.4) is 0 Å². The lowest BCUT2D eigenvalue weighted by Crippen LogP contribution is -2.08. The van der Waals surface area contributed by atoms with Crippen LogP contribution in [0.15, 0.2) is 35.8 Å². The van der Waals surface area contributed by atoms with Crippen LogP contribution >= 0.6 is 22.9 Å². The Bertz CT molecular complexity index is 803. The van der Waals surface area contributed by atoms with Gasteiger partial charge in [0.15, 0.2) is 11.6 Å². The smallest absolute Gasteiger partial charge is 0.159 e. The zero-order chi connectivity index (χ0) is 15.0. The Hall–Kier alpha value is -1.72. The predicted molar refractivity (Wildman–Crippen MR) is 83.0 cm³/mol.